The Morgan fingerprint density at radius 2 is 1.79 bits per heavy atom. The molecule has 0 aliphatic carbocycles. The van der Waals surface area contributed by atoms with E-state index in [9.17, 15) is 14.7 Å². The van der Waals surface area contributed by atoms with Gasteiger partial charge < -0.3 is 24.8 Å². The minimum atomic E-state index is -0.885. The summed E-state index contributed by atoms with van der Waals surface area (Å²) in [5.74, 6) is -0.369. The third kappa shape index (κ3) is 10.4. The molecule has 0 aliphatic rings. The van der Waals surface area contributed by atoms with Gasteiger partial charge in [0.1, 0.15) is 5.75 Å². The van der Waals surface area contributed by atoms with Gasteiger partial charge in [-0.15, -0.1) is 0 Å². The van der Waals surface area contributed by atoms with Crippen LogP contribution in [0.1, 0.15) is 60.7 Å². The molecule has 1 amide bonds. The summed E-state index contributed by atoms with van der Waals surface area (Å²) in [6.45, 7) is 13.1. The fraction of sp³-hybridized carbons (Fsp3) is 0.419. The first-order valence-corrected chi connectivity index (χ1v) is 12.9. The number of carboxylic acids is 1. The molecule has 7 nitrogen and oxygen atoms in total. The Hall–Kier alpha value is -3.58. The molecule has 206 valence electrons. The van der Waals surface area contributed by atoms with Gasteiger partial charge in [-0.1, -0.05) is 30.8 Å². The third-order valence-electron chi connectivity index (χ3n) is 5.97. The number of aliphatic carboxylic acids is 1. The summed E-state index contributed by atoms with van der Waals surface area (Å²) in [6, 6.07) is 13.2. The van der Waals surface area contributed by atoms with E-state index in [4.69, 9.17) is 9.47 Å². The van der Waals surface area contributed by atoms with Crippen LogP contribution in [0, 0.1) is 6.92 Å². The van der Waals surface area contributed by atoms with E-state index >= 15 is 0 Å². The Kier molecular flexibility index (Phi) is 12.1. The molecule has 0 spiro atoms. The zero-order valence-electron chi connectivity index (χ0n) is 23.5. The standard InChI is InChI=1S/C31H42N2O5/c1-21(2)38-29-14-12-27(16-23(29)4)31(36)32-28(13-15-30(34)35)17-25-8-10-26(11-9-25)24(5)19-33(6)18-22(3)20-37-7/h8-12,14,16,19,21,28H,3,13,15,17-18,20H2,1-2,4-7H3,(H,32,36)(H,34,35)/b24-19+/t28-/m1/s1. The first-order chi connectivity index (χ1) is 18.0. The highest BCUT2D eigenvalue weighted by Crippen LogP contribution is 2.21. The van der Waals surface area contributed by atoms with Crippen molar-refractivity contribution in [1.82, 2.24) is 10.2 Å². The van der Waals surface area contributed by atoms with E-state index in [1.54, 1.807) is 25.3 Å². The SMILES string of the molecule is C=C(COC)CN(C)/C=C(\C)c1ccc(C[C@@H](CCC(=O)O)NC(=O)c2ccc(OC(C)C)c(C)c2)cc1. The van der Waals surface area contributed by atoms with E-state index in [-0.39, 0.29) is 24.5 Å². The summed E-state index contributed by atoms with van der Waals surface area (Å²) >= 11 is 0. The number of hydrogen-bond acceptors (Lipinski definition) is 5. The predicted molar refractivity (Wildman–Crippen MR) is 153 cm³/mol. The molecular weight excluding hydrogens is 480 g/mol. The van der Waals surface area contributed by atoms with Crippen molar-refractivity contribution in [2.75, 3.05) is 27.3 Å². The second kappa shape index (κ2) is 15.0. The lowest BCUT2D eigenvalue weighted by atomic mass is 9.98. The van der Waals surface area contributed by atoms with Crippen molar-refractivity contribution in [3.8, 4) is 5.75 Å². The predicted octanol–water partition coefficient (Wildman–Crippen LogP) is 5.48. The lowest BCUT2D eigenvalue weighted by molar-refractivity contribution is -0.137. The van der Waals surface area contributed by atoms with Gasteiger partial charge in [-0.05, 0) is 86.6 Å². The number of nitrogens with one attached hydrogen (secondary N) is 1. The number of aryl methyl sites for hydroxylation is 1. The summed E-state index contributed by atoms with van der Waals surface area (Å²) < 4.78 is 10.9. The van der Waals surface area contributed by atoms with E-state index in [0.717, 1.165) is 33.6 Å². The van der Waals surface area contributed by atoms with Gasteiger partial charge in [0.25, 0.3) is 5.91 Å². The molecule has 7 heteroatoms. The van der Waals surface area contributed by atoms with Crippen LogP contribution in [0.2, 0.25) is 0 Å². The molecule has 0 saturated heterocycles. The maximum absolute atomic E-state index is 13.0. The van der Waals surface area contributed by atoms with Crippen molar-refractivity contribution in [3.05, 3.63) is 83.1 Å². The van der Waals surface area contributed by atoms with E-state index in [1.165, 1.54) is 0 Å². The molecule has 0 aliphatic heterocycles. The molecule has 0 aromatic heterocycles. The topological polar surface area (TPSA) is 88.1 Å². The van der Waals surface area contributed by atoms with Crippen molar-refractivity contribution in [2.45, 2.75) is 59.1 Å². The van der Waals surface area contributed by atoms with Crippen LogP contribution in [0.15, 0.2) is 60.8 Å². The molecular formula is C31H42N2O5. The van der Waals surface area contributed by atoms with Crippen LogP contribution in [0.5, 0.6) is 5.75 Å². The van der Waals surface area contributed by atoms with Crippen molar-refractivity contribution < 1.29 is 24.2 Å². The van der Waals surface area contributed by atoms with Crippen LogP contribution in [0.3, 0.4) is 0 Å². The molecule has 2 aromatic carbocycles. The second-order valence-electron chi connectivity index (χ2n) is 10.1. The largest absolute Gasteiger partial charge is 0.491 e. The number of allylic oxidation sites excluding steroid dienone is 1. The Balaban J connectivity index is 2.10. The van der Waals surface area contributed by atoms with Crippen molar-refractivity contribution in [1.29, 1.82) is 0 Å². The van der Waals surface area contributed by atoms with Gasteiger partial charge in [0, 0.05) is 44.9 Å². The maximum Gasteiger partial charge on any atom is 0.303 e. The number of benzene rings is 2. The number of carbonyl (C=O) groups is 2. The van der Waals surface area contributed by atoms with Crippen molar-refractivity contribution in [3.63, 3.8) is 0 Å². The summed E-state index contributed by atoms with van der Waals surface area (Å²) in [4.78, 5) is 26.3. The smallest absolute Gasteiger partial charge is 0.303 e. The lowest BCUT2D eigenvalue weighted by Crippen LogP contribution is -2.37. The summed E-state index contributed by atoms with van der Waals surface area (Å²) in [5, 5.41) is 12.3. The number of carbonyl (C=O) groups excluding carboxylic acids is 1. The Morgan fingerprint density at radius 3 is 2.37 bits per heavy atom. The number of nitrogens with zero attached hydrogens (tertiary/aromatic N) is 1. The normalized spacial score (nSPS) is 12.2. The van der Waals surface area contributed by atoms with E-state index in [2.05, 4.69) is 29.9 Å². The van der Waals surface area contributed by atoms with Gasteiger partial charge in [-0.25, -0.2) is 0 Å². The van der Waals surface area contributed by atoms with Crippen LogP contribution in [0.25, 0.3) is 5.57 Å². The van der Waals surface area contributed by atoms with E-state index < -0.39 is 5.97 Å². The molecule has 0 saturated carbocycles. The van der Waals surface area contributed by atoms with Gasteiger partial charge in [0.15, 0.2) is 0 Å². The molecule has 0 radical (unpaired) electrons. The first kappa shape index (κ1) is 30.6. The number of rotatable bonds is 15. The van der Waals surface area contributed by atoms with Gasteiger partial charge >= 0.3 is 5.97 Å². The number of amides is 1. The summed E-state index contributed by atoms with van der Waals surface area (Å²) in [6.07, 6.45) is 2.97. The molecule has 1 atom stereocenters. The van der Waals surface area contributed by atoms with Crippen molar-refractivity contribution in [2.24, 2.45) is 0 Å². The highest BCUT2D eigenvalue weighted by Gasteiger charge is 2.17. The first-order valence-electron chi connectivity index (χ1n) is 12.9. The molecule has 38 heavy (non-hydrogen) atoms. The van der Waals surface area contributed by atoms with Crippen molar-refractivity contribution >= 4 is 17.4 Å². The molecule has 0 unspecified atom stereocenters. The van der Waals surface area contributed by atoms with Gasteiger partial charge in [0.2, 0.25) is 0 Å². The summed E-state index contributed by atoms with van der Waals surface area (Å²) in [7, 11) is 3.66. The lowest BCUT2D eigenvalue weighted by Gasteiger charge is -2.20. The van der Waals surface area contributed by atoms with Crippen LogP contribution in [-0.2, 0) is 16.0 Å². The fourth-order valence-electron chi connectivity index (χ4n) is 4.21. The molecule has 2 aromatic rings. The quantitative estimate of drug-likeness (QED) is 0.301. The Bertz CT molecular complexity index is 1120. The molecule has 0 fully saturated rings. The summed E-state index contributed by atoms with van der Waals surface area (Å²) in [5.41, 5.74) is 5.62. The van der Waals surface area contributed by atoms with Crippen LogP contribution < -0.4 is 10.1 Å². The highest BCUT2D eigenvalue weighted by atomic mass is 16.5. The fourth-order valence-corrected chi connectivity index (χ4v) is 4.21. The molecule has 0 heterocycles. The average Bonchev–Trinajstić information content (AvgIpc) is 2.83. The van der Waals surface area contributed by atoms with Crippen LogP contribution in [-0.4, -0.2) is 61.3 Å². The monoisotopic (exact) mass is 522 g/mol. The number of likely N-dealkylation sites (N-methyl/N-ethyl adjacent to an activating group) is 1. The van der Waals surface area contributed by atoms with Gasteiger partial charge in [0.05, 0.1) is 12.7 Å². The zero-order valence-corrected chi connectivity index (χ0v) is 23.5. The number of carboxylic acid groups (broad SMARTS) is 1. The molecule has 0 bridgehead atoms. The van der Waals surface area contributed by atoms with Crippen LogP contribution >= 0.6 is 0 Å². The van der Waals surface area contributed by atoms with E-state index in [0.29, 0.717) is 31.6 Å². The highest BCUT2D eigenvalue weighted by molar-refractivity contribution is 5.94. The van der Waals surface area contributed by atoms with Gasteiger partial charge in [-0.3, -0.25) is 9.59 Å². The minimum absolute atomic E-state index is 0.0221. The molecule has 2 N–H and O–H groups in total. The number of methoxy groups -OCH3 is 1. The minimum Gasteiger partial charge on any atom is -0.491 e. The maximum atomic E-state index is 13.0. The third-order valence-corrected chi connectivity index (χ3v) is 5.97. The van der Waals surface area contributed by atoms with Crippen LogP contribution in [0.4, 0.5) is 0 Å². The second-order valence-corrected chi connectivity index (χ2v) is 10.1. The number of ether oxygens (including phenoxy) is 2. The zero-order chi connectivity index (χ0) is 28.2. The Labute approximate surface area is 227 Å². The number of hydrogen-bond donors (Lipinski definition) is 2. The average molecular weight is 523 g/mol. The molecule has 2 rings (SSSR count). The Morgan fingerprint density at radius 1 is 1.13 bits per heavy atom. The van der Waals surface area contributed by atoms with Gasteiger partial charge in [-0.2, -0.15) is 0 Å². The van der Waals surface area contributed by atoms with E-state index in [1.807, 2.05) is 52.1 Å².